The van der Waals surface area contributed by atoms with E-state index >= 15 is 0 Å². The summed E-state index contributed by atoms with van der Waals surface area (Å²) in [5.41, 5.74) is 0. The highest BCUT2D eigenvalue weighted by atomic mass is 35.5. The van der Waals surface area contributed by atoms with Crippen LogP contribution in [-0.4, -0.2) is 47.7 Å². The Morgan fingerprint density at radius 3 is 2.39 bits per heavy atom. The number of hydrogen-bond donors (Lipinski definition) is 3. The van der Waals surface area contributed by atoms with Gasteiger partial charge >= 0.3 is 11.9 Å². The van der Waals surface area contributed by atoms with Crippen LogP contribution in [0.25, 0.3) is 0 Å². The summed E-state index contributed by atoms with van der Waals surface area (Å²) < 4.78 is 5.06. The van der Waals surface area contributed by atoms with Crippen molar-refractivity contribution in [2.75, 3.05) is 6.61 Å². The van der Waals surface area contributed by atoms with Crippen molar-refractivity contribution >= 4 is 30.3 Å². The Balaban J connectivity index is 0.00000484. The lowest BCUT2D eigenvalue weighted by Gasteiger charge is -2.29. The summed E-state index contributed by atoms with van der Waals surface area (Å²) in [6.07, 6.45) is 0.826. The molecule has 0 aromatic carbocycles. The first-order chi connectivity index (χ1) is 10.3. The van der Waals surface area contributed by atoms with Gasteiger partial charge < -0.3 is 15.2 Å². The van der Waals surface area contributed by atoms with Crippen LogP contribution in [0.1, 0.15) is 40.5 Å². The molecule has 1 heterocycles. The predicted octanol–water partition coefficient (Wildman–Crippen LogP) is 0.953. The number of carboxylic acid groups (broad SMARTS) is 1. The summed E-state index contributed by atoms with van der Waals surface area (Å²) >= 11 is 0. The maximum Gasteiger partial charge on any atom is 0.320 e. The minimum Gasteiger partial charge on any atom is -0.480 e. The third-order valence-electron chi connectivity index (χ3n) is 3.75. The molecule has 4 atom stereocenters. The van der Waals surface area contributed by atoms with Crippen LogP contribution in [-0.2, 0) is 19.1 Å². The Labute approximate surface area is 142 Å². The van der Waals surface area contributed by atoms with Gasteiger partial charge in [-0.15, -0.1) is 12.4 Å². The summed E-state index contributed by atoms with van der Waals surface area (Å²) in [4.78, 5) is 34.8. The molecule has 7 nitrogen and oxygen atoms in total. The molecule has 3 N–H and O–H groups in total. The normalized spacial score (nSPS) is 24.7. The van der Waals surface area contributed by atoms with Gasteiger partial charge in [-0.2, -0.15) is 0 Å². The molecule has 0 unspecified atom stereocenters. The number of rotatable bonds is 7. The van der Waals surface area contributed by atoms with Crippen molar-refractivity contribution in [2.45, 2.75) is 58.7 Å². The lowest BCUT2D eigenvalue weighted by molar-refractivity contribution is -0.148. The third-order valence-corrected chi connectivity index (χ3v) is 3.75. The van der Waals surface area contributed by atoms with Gasteiger partial charge in [0.25, 0.3) is 0 Å². The monoisotopic (exact) mass is 350 g/mol. The number of carbonyl (C=O) groups excluding carboxylic acids is 2. The standard InChI is InChI=1S/C15H26N2O5.ClH/c1-5-22-15(21)10-7-12(14(19)20)17-13(10)11(6-8(2)3)16-9(4)18;/h8,10-13,17H,5-7H2,1-4H3,(H,16,18)(H,19,20);1H/t10-,11+,12-,13-;/m1./s1. The van der Waals surface area contributed by atoms with E-state index in [0.717, 1.165) is 0 Å². The molecular formula is C15H27ClN2O5. The highest BCUT2D eigenvalue weighted by Gasteiger charge is 2.45. The van der Waals surface area contributed by atoms with E-state index in [2.05, 4.69) is 10.6 Å². The molecular weight excluding hydrogens is 324 g/mol. The summed E-state index contributed by atoms with van der Waals surface area (Å²) in [5.74, 6) is -1.89. The van der Waals surface area contributed by atoms with Crippen molar-refractivity contribution in [3.63, 3.8) is 0 Å². The molecule has 1 saturated heterocycles. The van der Waals surface area contributed by atoms with Crippen molar-refractivity contribution in [1.82, 2.24) is 10.6 Å². The highest BCUT2D eigenvalue weighted by Crippen LogP contribution is 2.27. The smallest absolute Gasteiger partial charge is 0.320 e. The van der Waals surface area contributed by atoms with E-state index in [1.165, 1.54) is 6.92 Å². The number of nitrogens with one attached hydrogen (secondary N) is 2. The molecule has 1 rings (SSSR count). The maximum atomic E-state index is 12.1. The zero-order chi connectivity index (χ0) is 16.9. The van der Waals surface area contributed by atoms with Crippen LogP contribution in [0.5, 0.6) is 0 Å². The van der Waals surface area contributed by atoms with Gasteiger partial charge in [-0.25, -0.2) is 0 Å². The zero-order valence-electron chi connectivity index (χ0n) is 14.0. The van der Waals surface area contributed by atoms with Crippen molar-refractivity contribution in [1.29, 1.82) is 0 Å². The zero-order valence-corrected chi connectivity index (χ0v) is 14.8. The topological polar surface area (TPSA) is 105 Å². The quantitative estimate of drug-likeness (QED) is 0.590. The van der Waals surface area contributed by atoms with E-state index < -0.39 is 29.9 Å². The lowest BCUT2D eigenvalue weighted by Crippen LogP contribution is -2.53. The minimum absolute atomic E-state index is 0. The van der Waals surface area contributed by atoms with Gasteiger partial charge in [0.05, 0.1) is 12.5 Å². The second kappa shape index (κ2) is 9.72. The van der Waals surface area contributed by atoms with E-state index in [0.29, 0.717) is 12.3 Å². The molecule has 0 aromatic rings. The van der Waals surface area contributed by atoms with Crippen LogP contribution < -0.4 is 10.6 Å². The predicted molar refractivity (Wildman–Crippen MR) is 87.4 cm³/mol. The van der Waals surface area contributed by atoms with Gasteiger partial charge in [0.1, 0.15) is 6.04 Å². The van der Waals surface area contributed by atoms with Crippen LogP contribution in [0.3, 0.4) is 0 Å². The highest BCUT2D eigenvalue weighted by molar-refractivity contribution is 5.85. The Kier molecular flexibility index (Phi) is 9.16. The third kappa shape index (κ3) is 6.35. The van der Waals surface area contributed by atoms with E-state index in [1.54, 1.807) is 6.92 Å². The Hall–Kier alpha value is -1.34. The van der Waals surface area contributed by atoms with Crippen molar-refractivity contribution in [3.05, 3.63) is 0 Å². The summed E-state index contributed by atoms with van der Waals surface area (Å²) in [6, 6.07) is -1.55. The molecule has 1 amide bonds. The van der Waals surface area contributed by atoms with E-state index in [9.17, 15) is 19.5 Å². The van der Waals surface area contributed by atoms with Crippen molar-refractivity contribution in [3.8, 4) is 0 Å². The molecule has 0 radical (unpaired) electrons. The Bertz CT molecular complexity index is 430. The fourth-order valence-corrected chi connectivity index (χ4v) is 2.94. The van der Waals surface area contributed by atoms with Crippen LogP contribution in [0.4, 0.5) is 0 Å². The largest absolute Gasteiger partial charge is 0.480 e. The van der Waals surface area contributed by atoms with E-state index in [1.807, 2.05) is 13.8 Å². The maximum absolute atomic E-state index is 12.1. The second-order valence-corrected chi connectivity index (χ2v) is 6.11. The molecule has 0 aromatic heterocycles. The van der Waals surface area contributed by atoms with Crippen LogP contribution >= 0.6 is 12.4 Å². The van der Waals surface area contributed by atoms with Gasteiger partial charge in [-0.05, 0) is 25.7 Å². The minimum atomic E-state index is -0.997. The van der Waals surface area contributed by atoms with Crippen molar-refractivity contribution < 1.29 is 24.2 Å². The van der Waals surface area contributed by atoms with E-state index in [-0.39, 0.29) is 37.4 Å². The average molecular weight is 351 g/mol. The first kappa shape index (κ1) is 21.7. The molecule has 8 heteroatoms. The lowest BCUT2D eigenvalue weighted by atomic mass is 9.89. The number of hydrogen-bond acceptors (Lipinski definition) is 5. The Morgan fingerprint density at radius 2 is 1.96 bits per heavy atom. The van der Waals surface area contributed by atoms with Gasteiger partial charge in [0, 0.05) is 19.0 Å². The number of carboxylic acids is 1. The molecule has 0 spiro atoms. The SMILES string of the molecule is CCOC(=O)[C@@H]1C[C@H](C(=O)O)N[C@H]1[C@H](CC(C)C)NC(C)=O.Cl. The number of amides is 1. The molecule has 134 valence electrons. The number of carbonyl (C=O) groups is 3. The fraction of sp³-hybridized carbons (Fsp3) is 0.800. The Morgan fingerprint density at radius 1 is 1.35 bits per heavy atom. The molecule has 23 heavy (non-hydrogen) atoms. The molecule has 0 aliphatic carbocycles. The van der Waals surface area contributed by atoms with Gasteiger partial charge in [-0.1, -0.05) is 13.8 Å². The molecule has 1 aliphatic heterocycles. The number of halogens is 1. The summed E-state index contributed by atoms with van der Waals surface area (Å²) in [5, 5.41) is 15.0. The molecule has 1 aliphatic rings. The second-order valence-electron chi connectivity index (χ2n) is 6.11. The van der Waals surface area contributed by atoms with Gasteiger partial charge in [-0.3, -0.25) is 19.7 Å². The van der Waals surface area contributed by atoms with Crippen LogP contribution in [0.15, 0.2) is 0 Å². The average Bonchev–Trinajstić information content (AvgIpc) is 2.82. The first-order valence-electron chi connectivity index (χ1n) is 7.68. The number of ether oxygens (including phenoxy) is 1. The van der Waals surface area contributed by atoms with Gasteiger partial charge in [0.15, 0.2) is 0 Å². The van der Waals surface area contributed by atoms with E-state index in [4.69, 9.17) is 4.74 Å². The van der Waals surface area contributed by atoms with Crippen molar-refractivity contribution in [2.24, 2.45) is 11.8 Å². The first-order valence-corrected chi connectivity index (χ1v) is 7.68. The summed E-state index contributed by atoms with van der Waals surface area (Å²) in [6.45, 7) is 7.39. The molecule has 0 bridgehead atoms. The fourth-order valence-electron chi connectivity index (χ4n) is 2.94. The number of aliphatic carboxylic acids is 1. The molecule has 0 saturated carbocycles. The number of esters is 1. The van der Waals surface area contributed by atoms with Crippen LogP contribution in [0, 0.1) is 11.8 Å². The molecule has 1 fully saturated rings. The van der Waals surface area contributed by atoms with Crippen LogP contribution in [0.2, 0.25) is 0 Å². The van der Waals surface area contributed by atoms with Gasteiger partial charge in [0.2, 0.25) is 5.91 Å². The summed E-state index contributed by atoms with van der Waals surface area (Å²) in [7, 11) is 0.